The molecule has 1 saturated heterocycles. The van der Waals surface area contributed by atoms with E-state index in [2.05, 4.69) is 40.2 Å². The van der Waals surface area contributed by atoms with Crippen LogP contribution >= 0.6 is 0 Å². The van der Waals surface area contributed by atoms with E-state index in [-0.39, 0.29) is 30.4 Å². The Morgan fingerprint density at radius 2 is 1.57 bits per heavy atom. The third-order valence-electron chi connectivity index (χ3n) is 7.78. The molecule has 1 fully saturated rings. The number of benzene rings is 2. The summed E-state index contributed by atoms with van der Waals surface area (Å²) in [6.07, 6.45) is 1.74. The molecular formula is C34H46N4O6. The molecule has 44 heavy (non-hydrogen) atoms. The van der Waals surface area contributed by atoms with Gasteiger partial charge in [-0.25, -0.2) is 9.59 Å². The molecule has 4 rings (SSSR count). The first-order chi connectivity index (χ1) is 20.9. The van der Waals surface area contributed by atoms with Crippen LogP contribution in [0.3, 0.4) is 0 Å². The maximum absolute atomic E-state index is 13.2. The minimum absolute atomic E-state index is 0.0110. The first-order valence-corrected chi connectivity index (χ1v) is 15.6. The van der Waals surface area contributed by atoms with E-state index >= 15 is 0 Å². The summed E-state index contributed by atoms with van der Waals surface area (Å²) in [5.41, 5.74) is 3.98. The zero-order valence-electron chi connectivity index (χ0n) is 26.5. The normalized spacial score (nSPS) is 16.6. The van der Waals surface area contributed by atoms with Gasteiger partial charge in [-0.2, -0.15) is 0 Å². The molecule has 0 bridgehead atoms. The van der Waals surface area contributed by atoms with E-state index in [4.69, 9.17) is 9.47 Å². The number of carbonyl (C=O) groups excluding carboxylic acids is 4. The van der Waals surface area contributed by atoms with Gasteiger partial charge in [-0.15, -0.1) is 0 Å². The van der Waals surface area contributed by atoms with Crippen LogP contribution in [0.5, 0.6) is 0 Å². The maximum atomic E-state index is 13.2. The minimum atomic E-state index is -0.763. The molecule has 2 atom stereocenters. The SMILES string of the molecule is CC(C)NC(=O)[C@H](CCCCNC(=O)OCC1c2ccccc2-c2ccccc21)NC(=O)C1CCCN1C(=O)OC(C)(C)C. The summed E-state index contributed by atoms with van der Waals surface area (Å²) in [5, 5.41) is 8.54. The fraction of sp³-hybridized carbons (Fsp3) is 0.529. The number of nitrogens with one attached hydrogen (secondary N) is 3. The van der Waals surface area contributed by atoms with Gasteiger partial charge in [0, 0.05) is 25.0 Å². The second-order valence-electron chi connectivity index (χ2n) is 12.8. The largest absolute Gasteiger partial charge is 0.449 e. The molecule has 1 unspecified atom stereocenters. The van der Waals surface area contributed by atoms with Crippen LogP contribution in [0.1, 0.15) is 83.8 Å². The van der Waals surface area contributed by atoms with Gasteiger partial charge >= 0.3 is 12.2 Å². The fourth-order valence-corrected chi connectivity index (χ4v) is 5.81. The van der Waals surface area contributed by atoms with Gasteiger partial charge in [0.1, 0.15) is 24.3 Å². The van der Waals surface area contributed by atoms with Crippen molar-refractivity contribution in [2.24, 2.45) is 0 Å². The summed E-state index contributed by atoms with van der Waals surface area (Å²) < 4.78 is 11.1. The number of likely N-dealkylation sites (tertiary alicyclic amines) is 1. The Hall–Kier alpha value is -4.08. The highest BCUT2D eigenvalue weighted by Gasteiger charge is 2.38. The zero-order valence-corrected chi connectivity index (χ0v) is 26.5. The second kappa shape index (κ2) is 14.6. The predicted octanol–water partition coefficient (Wildman–Crippen LogP) is 5.10. The van der Waals surface area contributed by atoms with E-state index in [0.717, 1.165) is 11.1 Å². The zero-order chi connectivity index (χ0) is 31.9. The van der Waals surface area contributed by atoms with Crippen molar-refractivity contribution in [2.75, 3.05) is 19.7 Å². The third-order valence-corrected chi connectivity index (χ3v) is 7.78. The van der Waals surface area contributed by atoms with Gasteiger partial charge in [0.15, 0.2) is 0 Å². The topological polar surface area (TPSA) is 126 Å². The van der Waals surface area contributed by atoms with E-state index < -0.39 is 29.9 Å². The summed E-state index contributed by atoms with van der Waals surface area (Å²) in [4.78, 5) is 52.8. The lowest BCUT2D eigenvalue weighted by atomic mass is 9.98. The first-order valence-electron chi connectivity index (χ1n) is 15.6. The lowest BCUT2D eigenvalue weighted by Crippen LogP contribution is -2.54. The van der Waals surface area contributed by atoms with Crippen LogP contribution in [0.4, 0.5) is 9.59 Å². The Morgan fingerprint density at radius 3 is 2.18 bits per heavy atom. The van der Waals surface area contributed by atoms with Gasteiger partial charge in [-0.05, 0) is 89.0 Å². The number of alkyl carbamates (subject to hydrolysis) is 1. The Bertz CT molecular complexity index is 1290. The van der Waals surface area contributed by atoms with Gasteiger partial charge in [0.05, 0.1) is 0 Å². The second-order valence-corrected chi connectivity index (χ2v) is 12.8. The number of hydrogen-bond donors (Lipinski definition) is 3. The van der Waals surface area contributed by atoms with Gasteiger partial charge in [-0.1, -0.05) is 48.5 Å². The van der Waals surface area contributed by atoms with Crippen LogP contribution in [-0.2, 0) is 19.1 Å². The van der Waals surface area contributed by atoms with Gasteiger partial charge < -0.3 is 25.4 Å². The summed E-state index contributed by atoms with van der Waals surface area (Å²) in [6.45, 7) is 10.1. The number of hydrogen-bond acceptors (Lipinski definition) is 6. The highest BCUT2D eigenvalue weighted by atomic mass is 16.6. The van der Waals surface area contributed by atoms with Crippen LogP contribution in [-0.4, -0.2) is 72.3 Å². The predicted molar refractivity (Wildman–Crippen MR) is 168 cm³/mol. The van der Waals surface area contributed by atoms with Crippen LogP contribution in [0.15, 0.2) is 48.5 Å². The summed E-state index contributed by atoms with van der Waals surface area (Å²) in [6, 6.07) is 14.8. The smallest absolute Gasteiger partial charge is 0.410 e. The number of ether oxygens (including phenoxy) is 2. The van der Waals surface area contributed by atoms with E-state index in [1.807, 2.05) is 38.1 Å². The Labute approximate surface area is 260 Å². The highest BCUT2D eigenvalue weighted by Crippen LogP contribution is 2.44. The molecule has 238 valence electrons. The molecule has 2 aromatic carbocycles. The Morgan fingerprint density at radius 1 is 0.932 bits per heavy atom. The molecule has 10 nitrogen and oxygen atoms in total. The van der Waals surface area contributed by atoms with Crippen molar-refractivity contribution in [1.82, 2.24) is 20.9 Å². The molecule has 0 spiro atoms. The van der Waals surface area contributed by atoms with Crippen molar-refractivity contribution in [2.45, 2.75) is 96.4 Å². The molecule has 1 aliphatic heterocycles. The average molecular weight is 607 g/mol. The summed E-state index contributed by atoms with van der Waals surface area (Å²) >= 11 is 0. The van der Waals surface area contributed by atoms with Crippen molar-refractivity contribution in [3.8, 4) is 11.1 Å². The molecule has 0 aromatic heterocycles. The van der Waals surface area contributed by atoms with Gasteiger partial charge in [0.25, 0.3) is 0 Å². The van der Waals surface area contributed by atoms with Crippen LogP contribution in [0, 0.1) is 0 Å². The fourth-order valence-electron chi connectivity index (χ4n) is 5.81. The van der Waals surface area contributed by atoms with E-state index in [1.54, 1.807) is 20.8 Å². The maximum Gasteiger partial charge on any atom is 0.410 e. The summed E-state index contributed by atoms with van der Waals surface area (Å²) in [5.74, 6) is -0.656. The lowest BCUT2D eigenvalue weighted by molar-refractivity contribution is -0.131. The quantitative estimate of drug-likeness (QED) is 0.306. The first kappa shape index (κ1) is 32.8. The molecule has 1 heterocycles. The number of amides is 4. The number of unbranched alkanes of at least 4 members (excludes halogenated alkanes) is 1. The number of rotatable bonds is 11. The van der Waals surface area contributed by atoms with Crippen molar-refractivity contribution >= 4 is 24.0 Å². The number of nitrogens with zero attached hydrogens (tertiary/aromatic N) is 1. The van der Waals surface area contributed by atoms with E-state index in [1.165, 1.54) is 16.0 Å². The Balaban J connectivity index is 1.24. The molecule has 2 aliphatic rings. The molecular weight excluding hydrogens is 560 g/mol. The average Bonchev–Trinajstić information content (AvgIpc) is 3.58. The van der Waals surface area contributed by atoms with Crippen molar-refractivity contribution in [1.29, 1.82) is 0 Å². The number of carbonyl (C=O) groups is 4. The number of fused-ring (bicyclic) bond motifs is 3. The van der Waals surface area contributed by atoms with Crippen molar-refractivity contribution < 1.29 is 28.7 Å². The van der Waals surface area contributed by atoms with E-state index in [0.29, 0.717) is 45.2 Å². The van der Waals surface area contributed by atoms with Crippen LogP contribution < -0.4 is 16.0 Å². The molecule has 3 N–H and O–H groups in total. The third kappa shape index (κ3) is 8.51. The van der Waals surface area contributed by atoms with Crippen LogP contribution in [0.2, 0.25) is 0 Å². The molecule has 4 amide bonds. The highest BCUT2D eigenvalue weighted by molar-refractivity contribution is 5.91. The van der Waals surface area contributed by atoms with Crippen molar-refractivity contribution in [3.05, 3.63) is 59.7 Å². The standard InChI is InChI=1S/C34H46N4O6/c1-22(2)36-30(39)28(37-31(40)29-18-12-20-38(29)33(42)44-34(3,4)5)17-10-11-19-35-32(41)43-21-27-25-15-8-6-13-23(25)24-14-7-9-16-26(24)27/h6-9,13-16,22,27-29H,10-12,17-21H2,1-5H3,(H,35,41)(H,36,39)(H,37,40)/t28-,29?/m0/s1. The van der Waals surface area contributed by atoms with Crippen molar-refractivity contribution in [3.63, 3.8) is 0 Å². The van der Waals surface area contributed by atoms with Crippen LogP contribution in [0.25, 0.3) is 11.1 Å². The lowest BCUT2D eigenvalue weighted by Gasteiger charge is -2.29. The molecule has 0 radical (unpaired) electrons. The van der Waals surface area contributed by atoms with Gasteiger partial charge in [-0.3, -0.25) is 14.5 Å². The van der Waals surface area contributed by atoms with Gasteiger partial charge in [0.2, 0.25) is 11.8 Å². The molecule has 0 saturated carbocycles. The molecule has 10 heteroatoms. The Kier molecular flexibility index (Phi) is 10.9. The molecule has 2 aromatic rings. The summed E-state index contributed by atoms with van der Waals surface area (Å²) in [7, 11) is 0. The minimum Gasteiger partial charge on any atom is -0.449 e. The molecule has 1 aliphatic carbocycles. The van der Waals surface area contributed by atoms with E-state index in [9.17, 15) is 19.2 Å². The monoisotopic (exact) mass is 606 g/mol.